The number of urea groups is 1. The quantitative estimate of drug-likeness (QED) is 0.0329. The van der Waals surface area contributed by atoms with E-state index in [0.29, 0.717) is 11.3 Å². The number of carbonyl (C=O) groups excluding carboxylic acids is 5. The Kier molecular flexibility index (Phi) is 12.9. The van der Waals surface area contributed by atoms with Gasteiger partial charge in [0.2, 0.25) is 17.7 Å². The fraction of sp³-hybridized carbons (Fsp3) is 0.303. The predicted octanol–water partition coefficient (Wildman–Crippen LogP) is -0.184. The molecule has 0 aliphatic heterocycles. The van der Waals surface area contributed by atoms with E-state index in [0.717, 1.165) is 21.5 Å². The molecular formula is C33H42N12O5. The van der Waals surface area contributed by atoms with E-state index in [1.807, 2.05) is 24.3 Å². The van der Waals surface area contributed by atoms with Gasteiger partial charge in [-0.1, -0.05) is 48.5 Å². The molecule has 4 rings (SSSR count). The first kappa shape index (κ1) is 36.4. The molecule has 50 heavy (non-hydrogen) atoms. The van der Waals surface area contributed by atoms with Gasteiger partial charge in [-0.25, -0.2) is 14.8 Å². The summed E-state index contributed by atoms with van der Waals surface area (Å²) in [7, 11) is 0. The molecule has 0 saturated carbocycles. The molecule has 0 aliphatic carbocycles. The highest BCUT2D eigenvalue weighted by atomic mass is 16.2. The lowest BCUT2D eigenvalue weighted by molar-refractivity contribution is -0.131. The second-order valence-electron chi connectivity index (χ2n) is 11.6. The highest BCUT2D eigenvalue weighted by Gasteiger charge is 2.30. The van der Waals surface area contributed by atoms with Crippen molar-refractivity contribution in [2.45, 2.75) is 57.3 Å². The van der Waals surface area contributed by atoms with Crippen LogP contribution in [0.2, 0.25) is 0 Å². The molecule has 2 heterocycles. The lowest BCUT2D eigenvalue weighted by Crippen LogP contribution is -2.60. The van der Waals surface area contributed by atoms with Crippen LogP contribution in [-0.2, 0) is 38.6 Å². The molecule has 1 unspecified atom stereocenters. The van der Waals surface area contributed by atoms with Gasteiger partial charge >= 0.3 is 6.03 Å². The molecule has 0 saturated heterocycles. The van der Waals surface area contributed by atoms with Crippen LogP contribution in [-0.4, -0.2) is 80.3 Å². The average molecular weight is 687 g/mol. The van der Waals surface area contributed by atoms with Crippen LogP contribution in [0.5, 0.6) is 0 Å². The Morgan fingerprint density at radius 2 is 1.60 bits per heavy atom. The number of fused-ring (bicyclic) bond motifs is 1. The fourth-order valence-electron chi connectivity index (χ4n) is 5.22. The van der Waals surface area contributed by atoms with E-state index in [9.17, 15) is 24.0 Å². The smallest absolute Gasteiger partial charge is 0.337 e. The van der Waals surface area contributed by atoms with Crippen molar-refractivity contribution in [1.82, 2.24) is 41.3 Å². The number of amides is 6. The van der Waals surface area contributed by atoms with Crippen LogP contribution in [0.3, 0.4) is 0 Å². The molecule has 17 heteroatoms. The first-order valence-corrected chi connectivity index (χ1v) is 15.9. The van der Waals surface area contributed by atoms with Crippen molar-refractivity contribution in [3.8, 4) is 0 Å². The number of hydrogen-bond donors (Lipinski definition) is 9. The molecule has 4 aromatic rings. The summed E-state index contributed by atoms with van der Waals surface area (Å²) in [4.78, 5) is 79.6. The van der Waals surface area contributed by atoms with E-state index < -0.39 is 47.8 Å². The van der Waals surface area contributed by atoms with E-state index in [1.165, 1.54) is 19.4 Å². The molecule has 0 bridgehead atoms. The number of guanidine groups is 1. The van der Waals surface area contributed by atoms with Crippen molar-refractivity contribution in [3.05, 3.63) is 90.1 Å². The Bertz CT molecular complexity index is 1790. The number of primary amides is 1. The summed E-state index contributed by atoms with van der Waals surface area (Å²) in [5.74, 6) is -2.75. The number of hydrazine groups is 1. The van der Waals surface area contributed by atoms with Crippen LogP contribution in [0, 0.1) is 0 Å². The van der Waals surface area contributed by atoms with Gasteiger partial charge in [-0.15, -0.1) is 0 Å². The number of aromatic nitrogens is 3. The van der Waals surface area contributed by atoms with Crippen molar-refractivity contribution < 1.29 is 24.0 Å². The minimum Gasteiger partial charge on any atom is -0.370 e. The second kappa shape index (κ2) is 17.7. The Morgan fingerprint density at radius 3 is 2.28 bits per heavy atom. The van der Waals surface area contributed by atoms with Crippen LogP contribution >= 0.6 is 0 Å². The lowest BCUT2D eigenvalue weighted by Gasteiger charge is -2.29. The monoisotopic (exact) mass is 686 g/mol. The first-order chi connectivity index (χ1) is 24.0. The van der Waals surface area contributed by atoms with Crippen molar-refractivity contribution in [3.63, 3.8) is 0 Å². The van der Waals surface area contributed by atoms with Crippen LogP contribution in [0.1, 0.15) is 36.6 Å². The molecule has 2 aromatic carbocycles. The normalized spacial score (nSPS) is 12.6. The number of para-hydroxylation sites is 1. The number of H-pyrrole nitrogens is 2. The zero-order valence-electron chi connectivity index (χ0n) is 27.5. The zero-order chi connectivity index (χ0) is 36.0. The number of imidazole rings is 1. The number of hydrogen-bond acceptors (Lipinski definition) is 7. The van der Waals surface area contributed by atoms with Gasteiger partial charge < -0.3 is 43.1 Å². The SMILES string of the molecule is CC(=O)NC(Cc1cnc[nH]1)C(=O)NN(Cc1ccccc1)C(=O)N[C@@H](CCCN=C(N)N)C(=O)N[C@@H](Cc1c[nH]c2ccccc12)C(N)=O. The zero-order valence-corrected chi connectivity index (χ0v) is 27.5. The van der Waals surface area contributed by atoms with E-state index in [1.54, 1.807) is 36.5 Å². The summed E-state index contributed by atoms with van der Waals surface area (Å²) in [6.07, 6.45) is 5.19. The van der Waals surface area contributed by atoms with Crippen molar-refractivity contribution in [2.75, 3.05) is 6.54 Å². The molecule has 0 radical (unpaired) electrons. The maximum atomic E-state index is 13.9. The lowest BCUT2D eigenvalue weighted by atomic mass is 10.0. The number of rotatable bonds is 16. The van der Waals surface area contributed by atoms with E-state index in [4.69, 9.17) is 17.2 Å². The van der Waals surface area contributed by atoms with Gasteiger partial charge in [-0.3, -0.25) is 29.6 Å². The van der Waals surface area contributed by atoms with Gasteiger partial charge in [0.1, 0.15) is 18.1 Å². The van der Waals surface area contributed by atoms with Crippen LogP contribution in [0.25, 0.3) is 10.9 Å². The topological polar surface area (TPSA) is 272 Å². The minimum absolute atomic E-state index is 0.0625. The van der Waals surface area contributed by atoms with Gasteiger partial charge in [-0.05, 0) is 30.0 Å². The van der Waals surface area contributed by atoms with Crippen molar-refractivity contribution >= 4 is 46.5 Å². The van der Waals surface area contributed by atoms with Gasteiger partial charge in [0.15, 0.2) is 5.96 Å². The van der Waals surface area contributed by atoms with E-state index in [2.05, 4.69) is 41.3 Å². The molecular weight excluding hydrogens is 644 g/mol. The molecule has 3 atom stereocenters. The van der Waals surface area contributed by atoms with Crippen molar-refractivity contribution in [2.24, 2.45) is 22.2 Å². The Labute approximate surface area is 287 Å². The summed E-state index contributed by atoms with van der Waals surface area (Å²) in [6, 6.07) is 12.1. The average Bonchev–Trinajstić information content (AvgIpc) is 3.75. The number of nitrogens with two attached hydrogens (primary N) is 3. The maximum absolute atomic E-state index is 13.9. The highest BCUT2D eigenvalue weighted by molar-refractivity contribution is 5.93. The number of benzene rings is 2. The molecule has 2 aromatic heterocycles. The van der Waals surface area contributed by atoms with Gasteiger partial charge in [0.25, 0.3) is 5.91 Å². The molecule has 17 nitrogen and oxygen atoms in total. The van der Waals surface area contributed by atoms with E-state index in [-0.39, 0.29) is 44.7 Å². The maximum Gasteiger partial charge on any atom is 0.337 e. The first-order valence-electron chi connectivity index (χ1n) is 15.9. The predicted molar refractivity (Wildman–Crippen MR) is 185 cm³/mol. The van der Waals surface area contributed by atoms with Gasteiger partial charge in [-0.2, -0.15) is 0 Å². The number of nitrogens with zero attached hydrogens (tertiary/aromatic N) is 3. The summed E-state index contributed by atoms with van der Waals surface area (Å²) in [6.45, 7) is 1.33. The number of nitrogens with one attached hydrogen (secondary N) is 6. The summed E-state index contributed by atoms with van der Waals surface area (Å²) in [5.41, 5.74) is 22.1. The number of aromatic amines is 2. The molecule has 12 N–H and O–H groups in total. The van der Waals surface area contributed by atoms with Crippen LogP contribution in [0.15, 0.2) is 78.3 Å². The minimum atomic E-state index is -1.20. The third kappa shape index (κ3) is 10.8. The van der Waals surface area contributed by atoms with Crippen molar-refractivity contribution in [1.29, 1.82) is 0 Å². The molecule has 0 fully saturated rings. The summed E-state index contributed by atoms with van der Waals surface area (Å²) in [5, 5.41) is 9.82. The van der Waals surface area contributed by atoms with Gasteiger partial charge in [0, 0.05) is 55.3 Å². The number of aliphatic imine (C=N–C) groups is 1. The third-order valence-corrected chi connectivity index (χ3v) is 7.67. The van der Waals surface area contributed by atoms with Crippen LogP contribution < -0.4 is 38.6 Å². The Balaban J connectivity index is 1.55. The molecule has 6 amide bonds. The standard InChI is InChI=1S/C33H42N12O5/c1-20(46)41-28(15-23-17-37-19-40-23)31(49)44-45(18-21-8-3-2-4-9-21)33(50)43-26(12-7-13-38-32(35)36)30(48)42-27(29(34)47)14-22-16-39-25-11-6-5-10-24(22)25/h2-6,8-11,16-17,19,26-28,39H,7,12-15,18H2,1H3,(H2,34,47)(H,37,40)(H,41,46)(H,42,48)(H,43,50)(H,44,49)(H4,35,36,38)/t26-,27-,28?/m0/s1. The fourth-order valence-corrected chi connectivity index (χ4v) is 5.22. The number of carbonyl (C=O) groups is 5. The van der Waals surface area contributed by atoms with E-state index >= 15 is 0 Å². The Hall–Kier alpha value is -6.39. The molecule has 0 spiro atoms. The summed E-state index contributed by atoms with van der Waals surface area (Å²) >= 11 is 0. The summed E-state index contributed by atoms with van der Waals surface area (Å²) < 4.78 is 0. The largest absolute Gasteiger partial charge is 0.370 e. The molecule has 0 aliphatic rings. The van der Waals surface area contributed by atoms with Crippen LogP contribution in [0.4, 0.5) is 4.79 Å². The molecule has 264 valence electrons. The van der Waals surface area contributed by atoms with Gasteiger partial charge in [0.05, 0.1) is 12.9 Å². The second-order valence-corrected chi connectivity index (χ2v) is 11.6. The third-order valence-electron chi connectivity index (χ3n) is 7.67. The highest BCUT2D eigenvalue weighted by Crippen LogP contribution is 2.19. The Morgan fingerprint density at radius 1 is 0.860 bits per heavy atom.